The van der Waals surface area contributed by atoms with Crippen LogP contribution in [0.4, 0.5) is 4.39 Å². The van der Waals surface area contributed by atoms with E-state index in [1.165, 1.54) is 12.1 Å². The van der Waals surface area contributed by atoms with Gasteiger partial charge in [0.15, 0.2) is 0 Å². The summed E-state index contributed by atoms with van der Waals surface area (Å²) in [4.78, 5) is 3.97. The van der Waals surface area contributed by atoms with Gasteiger partial charge in [0.05, 0.1) is 15.9 Å². The van der Waals surface area contributed by atoms with Crippen molar-refractivity contribution in [3.8, 4) is 0 Å². The third-order valence-electron chi connectivity index (χ3n) is 1.75. The van der Waals surface area contributed by atoms with Crippen LogP contribution in [0, 0.1) is 5.82 Å². The Hall–Kier alpha value is -0.380. The lowest BCUT2D eigenvalue weighted by Crippen LogP contribution is -1.86. The highest BCUT2D eigenvalue weighted by Crippen LogP contribution is 2.29. The Kier molecular flexibility index (Phi) is 2.64. The Morgan fingerprint density at radius 2 is 1.93 bits per heavy atom. The molecule has 0 spiro atoms. The SMILES string of the molecule is Fc1cc(Br)cc2nc(Cl)cc(Cl)c12. The number of pyridine rings is 1. The Labute approximate surface area is 98.0 Å². The molecule has 0 atom stereocenters. The maximum atomic E-state index is 13.4. The summed E-state index contributed by atoms with van der Waals surface area (Å²) in [5, 5.41) is 0.810. The summed E-state index contributed by atoms with van der Waals surface area (Å²) in [6.07, 6.45) is 0. The van der Waals surface area contributed by atoms with Gasteiger partial charge in [0.2, 0.25) is 0 Å². The van der Waals surface area contributed by atoms with Crippen LogP contribution in [-0.2, 0) is 0 Å². The smallest absolute Gasteiger partial charge is 0.135 e. The summed E-state index contributed by atoms with van der Waals surface area (Å²) in [6, 6.07) is 4.42. The molecule has 1 aromatic heterocycles. The maximum absolute atomic E-state index is 13.4. The zero-order valence-electron chi connectivity index (χ0n) is 6.69. The zero-order chi connectivity index (χ0) is 10.3. The first-order valence-electron chi connectivity index (χ1n) is 3.69. The minimum atomic E-state index is -0.413. The first kappa shape index (κ1) is 10.1. The maximum Gasteiger partial charge on any atom is 0.135 e. The first-order valence-corrected chi connectivity index (χ1v) is 5.23. The lowest BCUT2D eigenvalue weighted by molar-refractivity contribution is 0.639. The fourth-order valence-corrected chi connectivity index (χ4v) is 2.17. The summed E-state index contributed by atoms with van der Waals surface area (Å²) in [5.41, 5.74) is 0.439. The zero-order valence-corrected chi connectivity index (χ0v) is 9.79. The molecule has 0 bridgehead atoms. The van der Waals surface area contributed by atoms with Gasteiger partial charge in [-0.2, -0.15) is 0 Å². The predicted molar refractivity (Wildman–Crippen MR) is 59.4 cm³/mol. The normalized spacial score (nSPS) is 10.9. The van der Waals surface area contributed by atoms with Gasteiger partial charge in [-0.1, -0.05) is 39.1 Å². The first-order chi connectivity index (χ1) is 6.58. The second-order valence-electron chi connectivity index (χ2n) is 2.71. The fraction of sp³-hybridized carbons (Fsp3) is 0. The van der Waals surface area contributed by atoms with Crippen molar-refractivity contribution in [2.45, 2.75) is 0 Å². The minimum absolute atomic E-state index is 0.250. The highest BCUT2D eigenvalue weighted by Gasteiger charge is 2.09. The molecule has 1 nitrogen and oxygen atoms in total. The van der Waals surface area contributed by atoms with E-state index in [0.29, 0.717) is 15.4 Å². The third-order valence-corrected chi connectivity index (χ3v) is 2.70. The van der Waals surface area contributed by atoms with Crippen molar-refractivity contribution in [2.24, 2.45) is 0 Å². The van der Waals surface area contributed by atoms with Crippen LogP contribution in [0.3, 0.4) is 0 Å². The standard InChI is InChI=1S/C9H3BrCl2FN/c10-4-1-6(13)9-5(11)3-8(12)14-7(9)2-4/h1-3H. The van der Waals surface area contributed by atoms with Gasteiger partial charge in [-0.25, -0.2) is 9.37 Å². The van der Waals surface area contributed by atoms with Crippen LogP contribution >= 0.6 is 39.1 Å². The van der Waals surface area contributed by atoms with Crippen molar-refractivity contribution in [3.63, 3.8) is 0 Å². The van der Waals surface area contributed by atoms with E-state index >= 15 is 0 Å². The van der Waals surface area contributed by atoms with Crippen molar-refractivity contribution in [1.29, 1.82) is 0 Å². The van der Waals surface area contributed by atoms with E-state index in [4.69, 9.17) is 23.2 Å². The fourth-order valence-electron chi connectivity index (χ4n) is 1.21. The van der Waals surface area contributed by atoms with Gasteiger partial charge < -0.3 is 0 Å². The van der Waals surface area contributed by atoms with Crippen molar-refractivity contribution in [2.75, 3.05) is 0 Å². The molecule has 0 saturated heterocycles. The van der Waals surface area contributed by atoms with Crippen molar-refractivity contribution >= 4 is 50.0 Å². The van der Waals surface area contributed by atoms with Gasteiger partial charge in [-0.3, -0.25) is 0 Å². The molecule has 2 aromatic rings. The minimum Gasteiger partial charge on any atom is -0.236 e. The van der Waals surface area contributed by atoms with Crippen LogP contribution < -0.4 is 0 Å². The molecule has 0 amide bonds. The average Bonchev–Trinajstić information content (AvgIpc) is 1.99. The molecule has 14 heavy (non-hydrogen) atoms. The molecule has 72 valence electrons. The Morgan fingerprint density at radius 1 is 1.21 bits per heavy atom. The topological polar surface area (TPSA) is 12.9 Å². The molecule has 0 saturated carbocycles. The van der Waals surface area contributed by atoms with Crippen LogP contribution in [0.25, 0.3) is 10.9 Å². The second kappa shape index (κ2) is 3.65. The highest BCUT2D eigenvalue weighted by atomic mass is 79.9. The van der Waals surface area contributed by atoms with Gasteiger partial charge in [-0.05, 0) is 18.2 Å². The molecule has 1 aromatic carbocycles. The summed E-state index contributed by atoms with van der Waals surface area (Å²) >= 11 is 14.7. The number of hydrogen-bond acceptors (Lipinski definition) is 1. The molecular weight excluding hydrogens is 292 g/mol. The molecule has 1 heterocycles. The predicted octanol–water partition coefficient (Wildman–Crippen LogP) is 4.44. The van der Waals surface area contributed by atoms with Gasteiger partial charge in [0.25, 0.3) is 0 Å². The van der Waals surface area contributed by atoms with E-state index in [-0.39, 0.29) is 10.2 Å². The monoisotopic (exact) mass is 293 g/mol. The Balaban J connectivity index is 2.94. The molecule has 0 aliphatic heterocycles. The highest BCUT2D eigenvalue weighted by molar-refractivity contribution is 9.10. The summed E-state index contributed by atoms with van der Waals surface area (Å²) in [6.45, 7) is 0. The Bertz CT molecular complexity index is 473. The van der Waals surface area contributed by atoms with E-state index in [9.17, 15) is 4.39 Å². The number of aromatic nitrogens is 1. The van der Waals surface area contributed by atoms with E-state index in [1.807, 2.05) is 0 Å². The van der Waals surface area contributed by atoms with E-state index in [2.05, 4.69) is 20.9 Å². The van der Waals surface area contributed by atoms with E-state index < -0.39 is 5.82 Å². The number of fused-ring (bicyclic) bond motifs is 1. The summed E-state index contributed by atoms with van der Waals surface area (Å²) in [5.74, 6) is -0.413. The Morgan fingerprint density at radius 3 is 2.64 bits per heavy atom. The summed E-state index contributed by atoms with van der Waals surface area (Å²) in [7, 11) is 0. The van der Waals surface area contributed by atoms with Crippen LogP contribution in [0.2, 0.25) is 10.2 Å². The molecule has 0 radical (unpaired) electrons. The van der Waals surface area contributed by atoms with E-state index in [1.54, 1.807) is 6.07 Å². The number of rotatable bonds is 0. The molecule has 0 aliphatic carbocycles. The van der Waals surface area contributed by atoms with Gasteiger partial charge in [-0.15, -0.1) is 0 Å². The molecule has 0 aliphatic rings. The van der Waals surface area contributed by atoms with Crippen molar-refractivity contribution in [3.05, 3.63) is 38.7 Å². The van der Waals surface area contributed by atoms with Gasteiger partial charge in [0, 0.05) is 4.47 Å². The number of hydrogen-bond donors (Lipinski definition) is 0. The van der Waals surface area contributed by atoms with Crippen LogP contribution in [0.1, 0.15) is 0 Å². The van der Waals surface area contributed by atoms with E-state index in [0.717, 1.165) is 0 Å². The molecule has 0 N–H and O–H groups in total. The molecule has 5 heteroatoms. The van der Waals surface area contributed by atoms with Gasteiger partial charge in [0.1, 0.15) is 11.0 Å². The van der Waals surface area contributed by atoms with Crippen LogP contribution in [-0.4, -0.2) is 4.98 Å². The number of nitrogens with zero attached hydrogens (tertiary/aromatic N) is 1. The molecule has 2 rings (SSSR count). The quantitative estimate of drug-likeness (QED) is 0.655. The largest absolute Gasteiger partial charge is 0.236 e. The summed E-state index contributed by atoms with van der Waals surface area (Å²) < 4.78 is 14.0. The molecule has 0 fully saturated rings. The van der Waals surface area contributed by atoms with Crippen LogP contribution in [0.15, 0.2) is 22.7 Å². The van der Waals surface area contributed by atoms with Crippen molar-refractivity contribution in [1.82, 2.24) is 4.98 Å². The number of benzene rings is 1. The lowest BCUT2D eigenvalue weighted by Gasteiger charge is -2.02. The van der Waals surface area contributed by atoms with Crippen molar-refractivity contribution < 1.29 is 4.39 Å². The molecule has 0 unspecified atom stereocenters. The number of halogens is 4. The average molecular weight is 295 g/mol. The third kappa shape index (κ3) is 1.72. The van der Waals surface area contributed by atoms with Gasteiger partial charge >= 0.3 is 0 Å². The van der Waals surface area contributed by atoms with Crippen LogP contribution in [0.5, 0.6) is 0 Å². The second-order valence-corrected chi connectivity index (χ2v) is 4.42. The lowest BCUT2D eigenvalue weighted by atomic mass is 10.2. The molecular formula is C9H3BrCl2FN.